The van der Waals surface area contributed by atoms with Gasteiger partial charge in [-0.3, -0.25) is 4.79 Å². The van der Waals surface area contributed by atoms with E-state index in [2.05, 4.69) is 70.5 Å². The molecule has 0 spiro atoms. The van der Waals surface area contributed by atoms with Gasteiger partial charge in [0.15, 0.2) is 0 Å². The number of nitrogens with zero attached hydrogens (tertiary/aromatic N) is 2. The lowest BCUT2D eigenvalue weighted by Gasteiger charge is -2.36. The molecule has 206 valence electrons. The molecular formula is C35H50N2O. The summed E-state index contributed by atoms with van der Waals surface area (Å²) in [5, 5.41) is 0. The first-order valence-electron chi connectivity index (χ1n) is 15.8. The largest absolute Gasteiger partial charge is 0.337 e. The van der Waals surface area contributed by atoms with Crippen molar-refractivity contribution in [1.29, 1.82) is 0 Å². The summed E-state index contributed by atoms with van der Waals surface area (Å²) in [7, 11) is 0. The standard InChI is InChI=1S/C35H50N2O/c1-28(38)37(33-19-10-2-3-11-20-33)34-25-32(35(26-34)31-17-8-5-9-18-31)27-36-23-21-30(22-24-36)16-12-15-29-13-6-4-7-14-29/h4-9,13-14,17-18,30,32-35H,2-3,10-12,15-16,19-27H2,1H3/t32-,34?,35-/m1/s1. The van der Waals surface area contributed by atoms with Crippen molar-refractivity contribution < 1.29 is 4.79 Å². The second-order valence-corrected chi connectivity index (χ2v) is 12.6. The average molecular weight is 515 g/mol. The number of hydrogen-bond acceptors (Lipinski definition) is 2. The minimum Gasteiger partial charge on any atom is -0.337 e. The van der Waals surface area contributed by atoms with Crippen LogP contribution in [0, 0.1) is 11.8 Å². The highest BCUT2D eigenvalue weighted by Gasteiger charge is 2.41. The van der Waals surface area contributed by atoms with Crippen LogP contribution in [0.25, 0.3) is 0 Å². The molecule has 1 aliphatic heterocycles. The molecule has 0 radical (unpaired) electrons. The minimum absolute atomic E-state index is 0.311. The van der Waals surface area contributed by atoms with Crippen molar-refractivity contribution in [2.45, 2.75) is 108 Å². The summed E-state index contributed by atoms with van der Waals surface area (Å²) in [5.74, 6) is 2.41. The zero-order valence-corrected chi connectivity index (χ0v) is 23.8. The van der Waals surface area contributed by atoms with Gasteiger partial charge in [0.1, 0.15) is 0 Å². The zero-order valence-electron chi connectivity index (χ0n) is 23.8. The van der Waals surface area contributed by atoms with Gasteiger partial charge in [0, 0.05) is 25.6 Å². The topological polar surface area (TPSA) is 23.6 Å². The number of carbonyl (C=O) groups excluding carboxylic acids is 1. The lowest BCUT2D eigenvalue weighted by molar-refractivity contribution is -0.134. The molecule has 2 aromatic carbocycles. The predicted molar refractivity (Wildman–Crippen MR) is 158 cm³/mol. The van der Waals surface area contributed by atoms with E-state index in [-0.39, 0.29) is 0 Å². The molecule has 3 nitrogen and oxygen atoms in total. The molecule has 2 aromatic rings. The number of aryl methyl sites for hydroxylation is 1. The van der Waals surface area contributed by atoms with Crippen LogP contribution in [-0.4, -0.2) is 47.4 Å². The van der Waals surface area contributed by atoms with E-state index in [0.29, 0.717) is 29.8 Å². The molecular weight excluding hydrogens is 464 g/mol. The molecule has 38 heavy (non-hydrogen) atoms. The van der Waals surface area contributed by atoms with E-state index in [4.69, 9.17) is 0 Å². The fourth-order valence-corrected chi connectivity index (χ4v) is 8.01. The van der Waals surface area contributed by atoms with Crippen LogP contribution in [0.2, 0.25) is 0 Å². The van der Waals surface area contributed by atoms with Crippen LogP contribution in [0.4, 0.5) is 0 Å². The summed E-state index contributed by atoms with van der Waals surface area (Å²) >= 11 is 0. The minimum atomic E-state index is 0.311. The summed E-state index contributed by atoms with van der Waals surface area (Å²) < 4.78 is 0. The SMILES string of the molecule is CC(=O)N(C1CCCCCC1)C1C[C@H](CN2CCC(CCCc3ccccc3)CC2)[C@@H](c2ccccc2)C1. The summed E-state index contributed by atoms with van der Waals surface area (Å²) in [6.07, 6.45) is 16.6. The van der Waals surface area contributed by atoms with Crippen LogP contribution in [0.15, 0.2) is 60.7 Å². The first kappa shape index (κ1) is 27.4. The molecule has 0 aromatic heterocycles. The van der Waals surface area contributed by atoms with E-state index in [1.54, 1.807) is 0 Å². The van der Waals surface area contributed by atoms with Gasteiger partial charge in [-0.2, -0.15) is 0 Å². The maximum atomic E-state index is 13.0. The Morgan fingerprint density at radius 2 is 1.47 bits per heavy atom. The van der Waals surface area contributed by atoms with E-state index < -0.39 is 0 Å². The van der Waals surface area contributed by atoms with Crippen LogP contribution in [-0.2, 0) is 11.2 Å². The third-order valence-corrected chi connectivity index (χ3v) is 9.99. The smallest absolute Gasteiger partial charge is 0.219 e. The molecule has 3 fully saturated rings. The van der Waals surface area contributed by atoms with Gasteiger partial charge in [-0.1, -0.05) is 92.8 Å². The number of rotatable bonds is 9. The number of piperidine rings is 1. The monoisotopic (exact) mass is 514 g/mol. The molecule has 3 atom stereocenters. The third-order valence-electron chi connectivity index (χ3n) is 9.99. The number of likely N-dealkylation sites (tertiary alicyclic amines) is 1. The van der Waals surface area contributed by atoms with Crippen molar-refractivity contribution in [3.8, 4) is 0 Å². The normalized spacial score (nSPS) is 25.8. The van der Waals surface area contributed by atoms with Crippen LogP contribution in [0.5, 0.6) is 0 Å². The number of hydrogen-bond donors (Lipinski definition) is 0. The van der Waals surface area contributed by atoms with Gasteiger partial charge in [-0.05, 0) is 93.3 Å². The highest BCUT2D eigenvalue weighted by atomic mass is 16.2. The summed E-state index contributed by atoms with van der Waals surface area (Å²) in [4.78, 5) is 18.1. The summed E-state index contributed by atoms with van der Waals surface area (Å²) in [6.45, 7) is 5.52. The van der Waals surface area contributed by atoms with E-state index in [1.807, 2.05) is 6.92 Å². The Morgan fingerprint density at radius 3 is 2.13 bits per heavy atom. The maximum absolute atomic E-state index is 13.0. The number of amides is 1. The maximum Gasteiger partial charge on any atom is 0.219 e. The Bertz CT molecular complexity index is 960. The zero-order chi connectivity index (χ0) is 26.2. The molecule has 3 aliphatic rings. The van der Waals surface area contributed by atoms with Crippen LogP contribution < -0.4 is 0 Å². The Labute approximate surface area is 232 Å². The van der Waals surface area contributed by atoms with Crippen LogP contribution in [0.1, 0.15) is 101 Å². The second-order valence-electron chi connectivity index (χ2n) is 12.6. The van der Waals surface area contributed by atoms with Crippen molar-refractivity contribution in [2.75, 3.05) is 19.6 Å². The Kier molecular flexibility index (Phi) is 9.95. The van der Waals surface area contributed by atoms with Gasteiger partial charge in [-0.15, -0.1) is 0 Å². The van der Waals surface area contributed by atoms with Gasteiger partial charge in [0.2, 0.25) is 5.91 Å². The molecule has 5 rings (SSSR count). The first-order valence-corrected chi connectivity index (χ1v) is 15.8. The molecule has 2 saturated carbocycles. The van der Waals surface area contributed by atoms with Crippen molar-refractivity contribution in [3.63, 3.8) is 0 Å². The average Bonchev–Trinajstić information content (AvgIpc) is 3.15. The molecule has 1 saturated heterocycles. The van der Waals surface area contributed by atoms with Gasteiger partial charge < -0.3 is 9.80 Å². The quantitative estimate of drug-likeness (QED) is 0.318. The third kappa shape index (κ3) is 7.29. The molecule has 3 heteroatoms. The highest BCUT2D eigenvalue weighted by molar-refractivity contribution is 5.74. The molecule has 1 unspecified atom stereocenters. The molecule has 0 N–H and O–H groups in total. The van der Waals surface area contributed by atoms with Crippen molar-refractivity contribution in [3.05, 3.63) is 71.8 Å². The van der Waals surface area contributed by atoms with E-state index >= 15 is 0 Å². The second kappa shape index (κ2) is 13.8. The molecule has 1 amide bonds. The van der Waals surface area contributed by atoms with Gasteiger partial charge >= 0.3 is 0 Å². The van der Waals surface area contributed by atoms with Crippen molar-refractivity contribution >= 4 is 5.91 Å². The van der Waals surface area contributed by atoms with Gasteiger partial charge in [-0.25, -0.2) is 0 Å². The number of benzene rings is 2. The lowest BCUT2D eigenvalue weighted by Crippen LogP contribution is -2.45. The van der Waals surface area contributed by atoms with Crippen LogP contribution in [0.3, 0.4) is 0 Å². The van der Waals surface area contributed by atoms with E-state index in [1.165, 1.54) is 108 Å². The fraction of sp³-hybridized carbons (Fsp3) is 0.629. The van der Waals surface area contributed by atoms with Gasteiger partial charge in [0.05, 0.1) is 0 Å². The fourth-order valence-electron chi connectivity index (χ4n) is 8.01. The Hall–Kier alpha value is -2.13. The Morgan fingerprint density at radius 1 is 0.816 bits per heavy atom. The van der Waals surface area contributed by atoms with E-state index in [9.17, 15) is 4.79 Å². The summed E-state index contributed by atoms with van der Waals surface area (Å²) in [5.41, 5.74) is 2.97. The first-order chi connectivity index (χ1) is 18.7. The van der Waals surface area contributed by atoms with E-state index in [0.717, 1.165) is 12.3 Å². The van der Waals surface area contributed by atoms with Crippen molar-refractivity contribution in [2.24, 2.45) is 11.8 Å². The van der Waals surface area contributed by atoms with Crippen molar-refractivity contribution in [1.82, 2.24) is 9.80 Å². The summed E-state index contributed by atoms with van der Waals surface area (Å²) in [6, 6.07) is 23.1. The van der Waals surface area contributed by atoms with Gasteiger partial charge in [0.25, 0.3) is 0 Å². The highest BCUT2D eigenvalue weighted by Crippen LogP contribution is 2.44. The molecule has 0 bridgehead atoms. The number of carbonyl (C=O) groups is 1. The predicted octanol–water partition coefficient (Wildman–Crippen LogP) is 7.86. The lowest BCUT2D eigenvalue weighted by atomic mass is 9.87. The molecule has 2 aliphatic carbocycles. The van der Waals surface area contributed by atoms with Crippen LogP contribution >= 0.6 is 0 Å². The Balaban J connectivity index is 1.18. The molecule has 1 heterocycles.